The number of benzene rings is 1. The van der Waals surface area contributed by atoms with Gasteiger partial charge in [-0.2, -0.15) is 0 Å². The molecule has 2 heterocycles. The molecule has 3 rings (SSSR count). The zero-order valence-electron chi connectivity index (χ0n) is 14.9. The third kappa shape index (κ3) is 3.49. The van der Waals surface area contributed by atoms with Crippen LogP contribution in [0.5, 0.6) is 5.75 Å². The van der Waals surface area contributed by atoms with Gasteiger partial charge in [-0.15, -0.1) is 0 Å². The van der Waals surface area contributed by atoms with Crippen LogP contribution < -0.4 is 15.8 Å². The molecule has 3 aromatic rings. The molecular weight excluding hydrogens is 354 g/mol. The number of nitrogens with zero attached hydrogens (tertiary/aromatic N) is 2. The Morgan fingerprint density at radius 1 is 1.38 bits per heavy atom. The lowest BCUT2D eigenvalue weighted by atomic mass is 10.1. The summed E-state index contributed by atoms with van der Waals surface area (Å²) in [5.41, 5.74) is 7.61. The molecule has 1 aromatic carbocycles. The van der Waals surface area contributed by atoms with Crippen LogP contribution in [-0.2, 0) is 6.54 Å². The third-order valence-corrected chi connectivity index (χ3v) is 4.89. The summed E-state index contributed by atoms with van der Waals surface area (Å²) in [5.74, 6) is 0.814. The number of amides is 1. The molecule has 0 fully saturated rings. The van der Waals surface area contributed by atoms with Gasteiger partial charge in [0.05, 0.1) is 18.3 Å². The van der Waals surface area contributed by atoms with Crippen LogP contribution in [0.15, 0.2) is 29.6 Å². The quantitative estimate of drug-likeness (QED) is 0.483. The zero-order valence-corrected chi connectivity index (χ0v) is 15.7. The highest BCUT2D eigenvalue weighted by Crippen LogP contribution is 2.31. The fraction of sp³-hybridized carbons (Fsp3) is 0.353. The fourth-order valence-corrected chi connectivity index (χ4v) is 3.48. The van der Waals surface area contributed by atoms with Crippen LogP contribution in [0.25, 0.3) is 11.3 Å². The van der Waals surface area contributed by atoms with Crippen LogP contribution in [0.2, 0.25) is 0 Å². The van der Waals surface area contributed by atoms with E-state index in [9.17, 15) is 9.90 Å². The molecule has 9 heteroatoms. The molecule has 26 heavy (non-hydrogen) atoms. The second-order valence-electron chi connectivity index (χ2n) is 6.17. The number of carbonyl (C=O) groups is 1. The Labute approximate surface area is 155 Å². The molecular formula is C17H23N5O3S. The molecule has 5 N–H and O–H groups in total. The van der Waals surface area contributed by atoms with Crippen molar-refractivity contribution >= 4 is 23.3 Å². The Bertz CT molecular complexity index is 871. The van der Waals surface area contributed by atoms with Crippen LogP contribution in [0, 0.1) is 0 Å². The maximum Gasteiger partial charge on any atom is 0.270 e. The van der Waals surface area contributed by atoms with Gasteiger partial charge in [0.2, 0.25) is 0 Å². The summed E-state index contributed by atoms with van der Waals surface area (Å²) in [6.07, 6.45) is -0.691. The largest absolute Gasteiger partial charge is 0.491 e. The summed E-state index contributed by atoms with van der Waals surface area (Å²) in [4.78, 5) is 11.5. The molecule has 1 amide bonds. The summed E-state index contributed by atoms with van der Waals surface area (Å²) in [6.45, 7) is 4.16. The first-order valence-corrected chi connectivity index (χ1v) is 9.11. The number of aliphatic hydroxyl groups is 1. The van der Waals surface area contributed by atoms with E-state index in [4.69, 9.17) is 10.5 Å². The number of hydrogen-bond donors (Lipinski definition) is 4. The van der Waals surface area contributed by atoms with Gasteiger partial charge in [-0.1, -0.05) is 11.5 Å². The number of aromatic amines is 1. The van der Waals surface area contributed by atoms with E-state index in [-0.39, 0.29) is 12.6 Å². The van der Waals surface area contributed by atoms with Crippen LogP contribution in [0.4, 0.5) is 5.82 Å². The molecule has 0 aliphatic heterocycles. The molecule has 140 valence electrons. The number of rotatable bonds is 8. The first-order valence-electron chi connectivity index (χ1n) is 8.28. The summed E-state index contributed by atoms with van der Waals surface area (Å²) >= 11 is 1.41. The van der Waals surface area contributed by atoms with E-state index < -0.39 is 12.1 Å². The van der Waals surface area contributed by atoms with Gasteiger partial charge >= 0.3 is 0 Å². The summed E-state index contributed by atoms with van der Waals surface area (Å²) in [5, 5.41) is 18.3. The number of carbonyl (C=O) groups excluding carboxylic acids is 1. The van der Waals surface area contributed by atoms with Gasteiger partial charge < -0.3 is 20.9 Å². The molecule has 1 unspecified atom stereocenters. The van der Waals surface area contributed by atoms with Gasteiger partial charge in [-0.25, -0.2) is 0 Å². The lowest BCUT2D eigenvalue weighted by Gasteiger charge is -2.26. The lowest BCUT2D eigenvalue weighted by molar-refractivity contribution is 0.0842. The van der Waals surface area contributed by atoms with E-state index in [1.165, 1.54) is 16.2 Å². The normalized spacial score (nSPS) is 12.5. The minimum absolute atomic E-state index is 0.122. The number of H-pyrrole nitrogens is 1. The van der Waals surface area contributed by atoms with Crippen molar-refractivity contribution < 1.29 is 14.6 Å². The number of primary amides is 1. The van der Waals surface area contributed by atoms with Crippen molar-refractivity contribution in [3.63, 3.8) is 0 Å². The van der Waals surface area contributed by atoms with E-state index in [1.807, 2.05) is 43.5 Å². The Morgan fingerprint density at radius 3 is 2.58 bits per heavy atom. The number of anilines is 1. The van der Waals surface area contributed by atoms with Crippen molar-refractivity contribution in [3.05, 3.63) is 35.3 Å². The number of aromatic nitrogens is 3. The number of nitrogens with one attached hydrogen (secondary N) is 2. The number of aliphatic hydroxyl groups excluding tert-OH is 1. The standard InChI is InChI=1S/C17H23N5O3S/c1-10(2)25-12-6-4-11(5-7-12)13-9-26-22(13)14(23)8-21-15(16(18)24)17(19-3)20-21/h4-7,9-10,14,19-20,23H,8H2,1-3H3,(H2,18,24). The van der Waals surface area contributed by atoms with Gasteiger partial charge in [0.25, 0.3) is 5.91 Å². The molecule has 2 aromatic heterocycles. The Kier molecular flexibility index (Phi) is 5.10. The van der Waals surface area contributed by atoms with Gasteiger partial charge in [-0.05, 0) is 38.1 Å². The minimum atomic E-state index is -0.813. The number of hydrogen-bond acceptors (Lipinski definition) is 5. The average molecular weight is 377 g/mol. The third-order valence-electron chi connectivity index (χ3n) is 3.89. The molecule has 0 saturated carbocycles. The molecule has 0 aliphatic carbocycles. The SMILES string of the molecule is CNc1[nH]n(CC(O)n2scc2-c2ccc(OC(C)C)cc2)c1C(N)=O. The van der Waals surface area contributed by atoms with Crippen LogP contribution in [-0.4, -0.2) is 37.9 Å². The number of nitrogens with two attached hydrogens (primary N) is 1. The molecule has 0 radical (unpaired) electrons. The summed E-state index contributed by atoms with van der Waals surface area (Å²) in [6, 6.07) is 7.74. The van der Waals surface area contributed by atoms with Crippen molar-refractivity contribution in [2.24, 2.45) is 5.73 Å². The van der Waals surface area contributed by atoms with Gasteiger partial charge in [0.1, 0.15) is 11.6 Å². The van der Waals surface area contributed by atoms with Crippen molar-refractivity contribution in [2.45, 2.75) is 32.7 Å². The van der Waals surface area contributed by atoms with E-state index in [0.717, 1.165) is 17.0 Å². The molecule has 8 nitrogen and oxygen atoms in total. The summed E-state index contributed by atoms with van der Waals surface area (Å²) in [7, 11) is 1.69. The van der Waals surface area contributed by atoms with Crippen LogP contribution in [0.1, 0.15) is 30.6 Å². The predicted octanol–water partition coefficient (Wildman–Crippen LogP) is 2.47. The van der Waals surface area contributed by atoms with E-state index in [1.54, 1.807) is 11.0 Å². The highest BCUT2D eigenvalue weighted by atomic mass is 32.1. The molecule has 0 aliphatic rings. The van der Waals surface area contributed by atoms with Crippen molar-refractivity contribution in [3.8, 4) is 17.0 Å². The van der Waals surface area contributed by atoms with Crippen LogP contribution in [0.3, 0.4) is 0 Å². The summed E-state index contributed by atoms with van der Waals surface area (Å²) < 4.78 is 8.97. The first-order chi connectivity index (χ1) is 12.4. The minimum Gasteiger partial charge on any atom is -0.491 e. The van der Waals surface area contributed by atoms with E-state index in [2.05, 4.69) is 10.4 Å². The van der Waals surface area contributed by atoms with E-state index >= 15 is 0 Å². The fourth-order valence-electron chi connectivity index (χ4n) is 2.70. The van der Waals surface area contributed by atoms with Crippen molar-refractivity contribution in [2.75, 3.05) is 12.4 Å². The zero-order chi connectivity index (χ0) is 18.8. The lowest BCUT2D eigenvalue weighted by Crippen LogP contribution is -2.31. The predicted molar refractivity (Wildman–Crippen MR) is 102 cm³/mol. The smallest absolute Gasteiger partial charge is 0.270 e. The molecule has 0 spiro atoms. The number of ether oxygens (including phenoxy) is 1. The highest BCUT2D eigenvalue weighted by molar-refractivity contribution is 7.06. The first kappa shape index (κ1) is 18.2. The maximum absolute atomic E-state index is 11.5. The van der Waals surface area contributed by atoms with Gasteiger partial charge in [-0.3, -0.25) is 18.5 Å². The second-order valence-corrected chi connectivity index (χ2v) is 7.01. The molecule has 1 atom stereocenters. The molecule has 0 bridgehead atoms. The van der Waals surface area contributed by atoms with Gasteiger partial charge in [0.15, 0.2) is 11.9 Å². The topological polar surface area (TPSA) is 110 Å². The van der Waals surface area contributed by atoms with E-state index in [0.29, 0.717) is 11.5 Å². The molecule has 0 saturated heterocycles. The Balaban J connectivity index is 1.72. The van der Waals surface area contributed by atoms with Crippen molar-refractivity contribution in [1.82, 2.24) is 13.7 Å². The Morgan fingerprint density at radius 2 is 2.08 bits per heavy atom. The average Bonchev–Trinajstić information content (AvgIpc) is 2.50. The Hall–Kier alpha value is -2.65. The second kappa shape index (κ2) is 7.30. The van der Waals surface area contributed by atoms with Crippen molar-refractivity contribution in [1.29, 1.82) is 0 Å². The highest BCUT2D eigenvalue weighted by Gasteiger charge is 2.23. The monoisotopic (exact) mass is 377 g/mol. The maximum atomic E-state index is 11.5. The van der Waals surface area contributed by atoms with Crippen LogP contribution >= 0.6 is 11.5 Å². The van der Waals surface area contributed by atoms with Gasteiger partial charge in [0, 0.05) is 18.0 Å².